The van der Waals surface area contributed by atoms with Gasteiger partial charge in [0.1, 0.15) is 0 Å². The molecule has 1 fully saturated rings. The van der Waals surface area contributed by atoms with E-state index >= 15 is 0 Å². The molecule has 1 aromatic rings. The van der Waals surface area contributed by atoms with E-state index in [1.54, 1.807) is 0 Å². The van der Waals surface area contributed by atoms with Gasteiger partial charge in [0, 0.05) is 12.1 Å². The normalized spacial score (nSPS) is 20.2. The highest BCUT2D eigenvalue weighted by Gasteiger charge is 2.26. The van der Waals surface area contributed by atoms with Gasteiger partial charge in [-0.2, -0.15) is 0 Å². The lowest BCUT2D eigenvalue weighted by Crippen LogP contribution is -2.42. The molecule has 0 aliphatic heterocycles. The topological polar surface area (TPSA) is 12.0 Å². The third-order valence-corrected chi connectivity index (χ3v) is 5.28. The zero-order valence-electron chi connectivity index (χ0n) is 14.4. The summed E-state index contributed by atoms with van der Waals surface area (Å²) in [5.74, 6) is 0.890. The minimum Gasteiger partial charge on any atom is -0.311 e. The van der Waals surface area contributed by atoms with Crippen molar-refractivity contribution in [2.45, 2.75) is 83.7 Å². The van der Waals surface area contributed by atoms with E-state index in [-0.39, 0.29) is 5.41 Å². The molecule has 0 saturated heterocycles. The minimum atomic E-state index is 0.236. The van der Waals surface area contributed by atoms with Crippen LogP contribution < -0.4 is 5.32 Å². The van der Waals surface area contributed by atoms with E-state index in [1.807, 2.05) is 0 Å². The molecule has 1 aliphatic carbocycles. The van der Waals surface area contributed by atoms with Crippen molar-refractivity contribution in [1.29, 1.82) is 0 Å². The Balaban J connectivity index is 1.87. The average Bonchev–Trinajstić information content (AvgIpc) is 2.48. The van der Waals surface area contributed by atoms with Gasteiger partial charge < -0.3 is 5.32 Å². The van der Waals surface area contributed by atoms with Crippen LogP contribution in [0.4, 0.5) is 0 Å². The Morgan fingerprint density at radius 2 is 1.67 bits per heavy atom. The molecular weight excluding hydrogens is 254 g/mol. The first kappa shape index (κ1) is 16.5. The predicted molar refractivity (Wildman–Crippen MR) is 92.7 cm³/mol. The summed E-state index contributed by atoms with van der Waals surface area (Å²) in [7, 11) is 0. The van der Waals surface area contributed by atoms with E-state index in [1.165, 1.54) is 44.1 Å². The van der Waals surface area contributed by atoms with Crippen molar-refractivity contribution < 1.29 is 0 Å². The standard InChI is InChI=1S/C20H33N/c1-16(21-17(2)18-11-7-5-8-12-18)15-20(3,4)19-13-9-6-10-14-19/h6,9-10,13-14,16-18,21H,5,7-8,11-12,15H2,1-4H3. The van der Waals surface area contributed by atoms with Crippen molar-refractivity contribution in [2.75, 3.05) is 0 Å². The zero-order valence-corrected chi connectivity index (χ0v) is 14.4. The highest BCUT2D eigenvalue weighted by molar-refractivity contribution is 5.23. The number of rotatable bonds is 6. The second-order valence-electron chi connectivity index (χ2n) is 7.71. The van der Waals surface area contributed by atoms with E-state index < -0.39 is 0 Å². The van der Waals surface area contributed by atoms with E-state index in [0.29, 0.717) is 12.1 Å². The molecule has 2 unspecified atom stereocenters. The van der Waals surface area contributed by atoms with Gasteiger partial charge in [-0.3, -0.25) is 0 Å². The van der Waals surface area contributed by atoms with Crippen LogP contribution in [0.25, 0.3) is 0 Å². The predicted octanol–water partition coefficient (Wildman–Crippen LogP) is 5.30. The fraction of sp³-hybridized carbons (Fsp3) is 0.700. The maximum absolute atomic E-state index is 3.88. The molecule has 0 heterocycles. The van der Waals surface area contributed by atoms with Crippen LogP contribution in [0, 0.1) is 5.92 Å². The summed E-state index contributed by atoms with van der Waals surface area (Å²) in [6.07, 6.45) is 8.33. The second-order valence-corrected chi connectivity index (χ2v) is 7.71. The van der Waals surface area contributed by atoms with Gasteiger partial charge in [0.05, 0.1) is 0 Å². The van der Waals surface area contributed by atoms with E-state index in [2.05, 4.69) is 63.3 Å². The lowest BCUT2D eigenvalue weighted by molar-refractivity contribution is 0.253. The first-order valence-corrected chi connectivity index (χ1v) is 8.80. The second kappa shape index (κ2) is 7.45. The van der Waals surface area contributed by atoms with E-state index in [0.717, 1.165) is 5.92 Å². The van der Waals surface area contributed by atoms with Gasteiger partial charge in [-0.05, 0) is 50.0 Å². The summed E-state index contributed by atoms with van der Waals surface area (Å²) in [6, 6.07) is 12.2. The Bertz CT molecular complexity index is 403. The molecule has 0 bridgehead atoms. The summed E-state index contributed by atoms with van der Waals surface area (Å²) in [5, 5.41) is 3.88. The smallest absolute Gasteiger partial charge is 0.00694 e. The quantitative estimate of drug-likeness (QED) is 0.748. The molecule has 1 saturated carbocycles. The third kappa shape index (κ3) is 4.85. The fourth-order valence-electron chi connectivity index (χ4n) is 4.05. The highest BCUT2D eigenvalue weighted by Crippen LogP contribution is 2.30. The Kier molecular flexibility index (Phi) is 5.87. The molecule has 2 atom stereocenters. The Morgan fingerprint density at radius 1 is 1.05 bits per heavy atom. The van der Waals surface area contributed by atoms with Crippen molar-refractivity contribution in [3.8, 4) is 0 Å². The summed E-state index contributed by atoms with van der Waals surface area (Å²) >= 11 is 0. The Hall–Kier alpha value is -0.820. The van der Waals surface area contributed by atoms with Crippen LogP contribution in [-0.2, 0) is 5.41 Å². The number of hydrogen-bond donors (Lipinski definition) is 1. The Labute approximate surface area is 131 Å². The lowest BCUT2D eigenvalue weighted by Gasteiger charge is -2.34. The molecule has 1 heteroatoms. The van der Waals surface area contributed by atoms with Gasteiger partial charge in [0.2, 0.25) is 0 Å². The van der Waals surface area contributed by atoms with Crippen LogP contribution in [0.1, 0.15) is 71.8 Å². The van der Waals surface area contributed by atoms with Crippen LogP contribution >= 0.6 is 0 Å². The van der Waals surface area contributed by atoms with Crippen LogP contribution in [-0.4, -0.2) is 12.1 Å². The van der Waals surface area contributed by atoms with Gasteiger partial charge in [0.15, 0.2) is 0 Å². The van der Waals surface area contributed by atoms with Crippen molar-refractivity contribution in [3.63, 3.8) is 0 Å². The van der Waals surface area contributed by atoms with Gasteiger partial charge in [-0.25, -0.2) is 0 Å². The molecule has 0 amide bonds. The molecule has 1 N–H and O–H groups in total. The monoisotopic (exact) mass is 287 g/mol. The first-order valence-electron chi connectivity index (χ1n) is 8.80. The van der Waals surface area contributed by atoms with Gasteiger partial charge in [0.25, 0.3) is 0 Å². The summed E-state index contributed by atoms with van der Waals surface area (Å²) in [5.41, 5.74) is 1.68. The molecule has 0 radical (unpaired) electrons. The molecular formula is C20H33N. The van der Waals surface area contributed by atoms with E-state index in [9.17, 15) is 0 Å². The van der Waals surface area contributed by atoms with Crippen LogP contribution in [0.5, 0.6) is 0 Å². The van der Waals surface area contributed by atoms with Crippen LogP contribution in [0.2, 0.25) is 0 Å². The molecule has 1 aliphatic rings. The molecule has 0 aromatic heterocycles. The number of nitrogens with one attached hydrogen (secondary N) is 1. The minimum absolute atomic E-state index is 0.236. The summed E-state index contributed by atoms with van der Waals surface area (Å²) < 4.78 is 0. The van der Waals surface area contributed by atoms with Crippen LogP contribution in [0.3, 0.4) is 0 Å². The highest BCUT2D eigenvalue weighted by atomic mass is 14.9. The molecule has 1 aromatic carbocycles. The third-order valence-electron chi connectivity index (χ3n) is 5.28. The van der Waals surface area contributed by atoms with Crippen molar-refractivity contribution >= 4 is 0 Å². The first-order chi connectivity index (χ1) is 9.99. The molecule has 21 heavy (non-hydrogen) atoms. The Morgan fingerprint density at radius 3 is 2.29 bits per heavy atom. The van der Waals surface area contributed by atoms with E-state index in [4.69, 9.17) is 0 Å². The van der Waals surface area contributed by atoms with Gasteiger partial charge >= 0.3 is 0 Å². The van der Waals surface area contributed by atoms with Crippen LogP contribution in [0.15, 0.2) is 30.3 Å². The fourth-order valence-corrected chi connectivity index (χ4v) is 4.05. The van der Waals surface area contributed by atoms with Crippen molar-refractivity contribution in [1.82, 2.24) is 5.32 Å². The average molecular weight is 287 g/mol. The summed E-state index contributed by atoms with van der Waals surface area (Å²) in [6.45, 7) is 9.48. The molecule has 2 rings (SSSR count). The number of hydrogen-bond acceptors (Lipinski definition) is 1. The molecule has 1 nitrogen and oxygen atoms in total. The van der Waals surface area contributed by atoms with Crippen molar-refractivity contribution in [2.24, 2.45) is 5.92 Å². The maximum Gasteiger partial charge on any atom is 0.00694 e. The largest absolute Gasteiger partial charge is 0.311 e. The molecule has 118 valence electrons. The zero-order chi connectivity index (χ0) is 15.3. The molecule has 0 spiro atoms. The lowest BCUT2D eigenvalue weighted by atomic mass is 9.78. The SMILES string of the molecule is CC(CC(C)(C)c1ccccc1)NC(C)C1CCCCC1. The van der Waals surface area contributed by atoms with Gasteiger partial charge in [-0.15, -0.1) is 0 Å². The maximum atomic E-state index is 3.88. The van der Waals surface area contributed by atoms with Crippen molar-refractivity contribution in [3.05, 3.63) is 35.9 Å². The number of benzene rings is 1. The summed E-state index contributed by atoms with van der Waals surface area (Å²) in [4.78, 5) is 0. The van der Waals surface area contributed by atoms with Gasteiger partial charge in [-0.1, -0.05) is 63.4 Å².